The number of hydrogen-bond acceptors (Lipinski definition) is 7. The lowest BCUT2D eigenvalue weighted by Gasteiger charge is -2.08. The summed E-state index contributed by atoms with van der Waals surface area (Å²) in [5.74, 6) is 0.946. The number of amides is 1. The van der Waals surface area contributed by atoms with Crippen LogP contribution >= 0.6 is 23.1 Å². The molecule has 1 aliphatic carbocycles. The minimum atomic E-state index is -0.108. The highest BCUT2D eigenvalue weighted by atomic mass is 32.2. The summed E-state index contributed by atoms with van der Waals surface area (Å²) in [5, 5.41) is 14.9. The van der Waals surface area contributed by atoms with Crippen molar-refractivity contribution in [2.75, 3.05) is 11.1 Å². The number of nitrogens with one attached hydrogen (secondary N) is 1. The minimum absolute atomic E-state index is 0.108. The molecule has 1 aliphatic rings. The van der Waals surface area contributed by atoms with Crippen LogP contribution in [0.5, 0.6) is 0 Å². The summed E-state index contributed by atoms with van der Waals surface area (Å²) in [4.78, 5) is 21.2. The molecule has 3 aromatic heterocycles. The Morgan fingerprint density at radius 3 is 2.77 bits per heavy atom. The van der Waals surface area contributed by atoms with Crippen LogP contribution in [0.15, 0.2) is 59.3 Å². The number of thioether (sulfide) groups is 1. The molecule has 0 spiro atoms. The van der Waals surface area contributed by atoms with E-state index in [1.54, 1.807) is 12.4 Å². The molecule has 0 aliphatic heterocycles. The molecule has 0 unspecified atom stereocenters. The Balaban J connectivity index is 1.24. The first-order chi connectivity index (χ1) is 15.2. The van der Waals surface area contributed by atoms with E-state index in [2.05, 4.69) is 49.1 Å². The summed E-state index contributed by atoms with van der Waals surface area (Å²) >= 11 is 2.82. The minimum Gasteiger partial charge on any atom is -0.301 e. The van der Waals surface area contributed by atoms with E-state index in [4.69, 9.17) is 0 Å². The first-order valence-corrected chi connectivity index (χ1v) is 11.8. The van der Waals surface area contributed by atoms with Crippen molar-refractivity contribution < 1.29 is 4.79 Å². The van der Waals surface area contributed by atoms with Crippen LogP contribution in [0.3, 0.4) is 0 Å². The second kappa shape index (κ2) is 8.60. The van der Waals surface area contributed by atoms with Gasteiger partial charge in [-0.3, -0.25) is 14.3 Å². The standard InChI is InChI=1S/C22H20N6OS2/c1-14-4-6-15(7-5-14)18-12-30-21(24-18)25-19(29)13-31-22-27-26-20(28(22)17-8-9-17)16-3-2-10-23-11-16/h2-7,10-12,17H,8-9,13H2,1H3,(H,24,25,29). The molecule has 4 aromatic rings. The number of rotatable bonds is 7. The molecule has 1 aromatic carbocycles. The molecule has 0 bridgehead atoms. The van der Waals surface area contributed by atoms with E-state index in [1.807, 2.05) is 29.6 Å². The van der Waals surface area contributed by atoms with E-state index in [0.717, 1.165) is 40.6 Å². The SMILES string of the molecule is Cc1ccc(-c2csc(NC(=O)CSc3nnc(-c4cccnc4)n3C3CC3)n2)cc1. The molecular weight excluding hydrogens is 428 g/mol. The van der Waals surface area contributed by atoms with Crippen LogP contribution < -0.4 is 5.32 Å². The maximum absolute atomic E-state index is 12.5. The maximum atomic E-state index is 12.5. The first-order valence-electron chi connectivity index (χ1n) is 9.98. The number of aromatic nitrogens is 5. The topological polar surface area (TPSA) is 85.6 Å². The molecule has 5 rings (SSSR count). The van der Waals surface area contributed by atoms with Gasteiger partial charge in [0.1, 0.15) is 0 Å². The Labute approximate surface area is 188 Å². The molecule has 3 heterocycles. The van der Waals surface area contributed by atoms with Gasteiger partial charge in [-0.05, 0) is 31.9 Å². The Hall–Kier alpha value is -3.04. The molecular formula is C22H20N6OS2. The van der Waals surface area contributed by atoms with Crippen LogP contribution in [0.25, 0.3) is 22.6 Å². The number of hydrogen-bond donors (Lipinski definition) is 1. The smallest absolute Gasteiger partial charge is 0.236 e. The Bertz CT molecular complexity index is 1200. The van der Waals surface area contributed by atoms with Gasteiger partial charge in [0.05, 0.1) is 11.4 Å². The van der Waals surface area contributed by atoms with Crippen molar-refractivity contribution in [1.29, 1.82) is 0 Å². The number of aryl methyl sites for hydroxylation is 1. The van der Waals surface area contributed by atoms with Crippen molar-refractivity contribution >= 4 is 34.1 Å². The quantitative estimate of drug-likeness (QED) is 0.407. The highest BCUT2D eigenvalue weighted by Gasteiger charge is 2.30. The molecule has 0 saturated heterocycles. The normalized spacial score (nSPS) is 13.3. The van der Waals surface area contributed by atoms with Crippen LogP contribution in [-0.2, 0) is 4.79 Å². The molecule has 7 nitrogen and oxygen atoms in total. The second-order valence-electron chi connectivity index (χ2n) is 7.39. The summed E-state index contributed by atoms with van der Waals surface area (Å²) in [7, 11) is 0. The summed E-state index contributed by atoms with van der Waals surface area (Å²) < 4.78 is 2.13. The van der Waals surface area contributed by atoms with Crippen molar-refractivity contribution in [2.24, 2.45) is 0 Å². The third-order valence-electron chi connectivity index (χ3n) is 4.93. The van der Waals surface area contributed by atoms with E-state index in [0.29, 0.717) is 11.2 Å². The van der Waals surface area contributed by atoms with Crippen molar-refractivity contribution in [3.8, 4) is 22.6 Å². The number of benzene rings is 1. The average molecular weight is 449 g/mol. The summed E-state index contributed by atoms with van der Waals surface area (Å²) in [6, 6.07) is 12.4. The molecule has 1 N–H and O–H groups in total. The number of nitrogens with zero attached hydrogens (tertiary/aromatic N) is 5. The molecule has 0 radical (unpaired) electrons. The van der Waals surface area contributed by atoms with Crippen LogP contribution in [0.2, 0.25) is 0 Å². The first kappa shape index (κ1) is 19.9. The monoisotopic (exact) mass is 448 g/mol. The van der Waals surface area contributed by atoms with Crippen molar-refractivity contribution in [3.63, 3.8) is 0 Å². The third kappa shape index (κ3) is 4.52. The largest absolute Gasteiger partial charge is 0.301 e. The van der Waals surface area contributed by atoms with Gasteiger partial charge in [-0.1, -0.05) is 41.6 Å². The van der Waals surface area contributed by atoms with Gasteiger partial charge in [-0.25, -0.2) is 4.98 Å². The van der Waals surface area contributed by atoms with E-state index < -0.39 is 0 Å². The zero-order valence-electron chi connectivity index (χ0n) is 16.9. The van der Waals surface area contributed by atoms with Crippen molar-refractivity contribution in [2.45, 2.75) is 31.0 Å². The number of carbonyl (C=O) groups is 1. The highest BCUT2D eigenvalue weighted by molar-refractivity contribution is 7.99. The molecule has 31 heavy (non-hydrogen) atoms. The van der Waals surface area contributed by atoms with Crippen LogP contribution in [-0.4, -0.2) is 36.4 Å². The number of carbonyl (C=O) groups excluding carboxylic acids is 1. The Morgan fingerprint density at radius 1 is 1.19 bits per heavy atom. The van der Waals surface area contributed by atoms with Crippen LogP contribution in [0.4, 0.5) is 5.13 Å². The molecule has 1 amide bonds. The third-order valence-corrected chi connectivity index (χ3v) is 6.63. The zero-order valence-corrected chi connectivity index (χ0v) is 18.5. The fourth-order valence-electron chi connectivity index (χ4n) is 3.20. The van der Waals surface area contributed by atoms with Gasteiger partial charge in [0.2, 0.25) is 5.91 Å². The van der Waals surface area contributed by atoms with Crippen molar-refractivity contribution in [1.82, 2.24) is 24.7 Å². The lowest BCUT2D eigenvalue weighted by molar-refractivity contribution is -0.113. The molecule has 1 saturated carbocycles. The zero-order chi connectivity index (χ0) is 21.2. The van der Waals surface area contributed by atoms with Gasteiger partial charge in [0.15, 0.2) is 16.1 Å². The number of pyridine rings is 1. The summed E-state index contributed by atoms with van der Waals surface area (Å²) in [6.07, 6.45) is 5.74. The predicted molar refractivity (Wildman–Crippen MR) is 123 cm³/mol. The van der Waals surface area contributed by atoms with E-state index in [9.17, 15) is 4.79 Å². The van der Waals surface area contributed by atoms with Gasteiger partial charge in [0, 0.05) is 34.9 Å². The van der Waals surface area contributed by atoms with Crippen LogP contribution in [0, 0.1) is 6.92 Å². The molecule has 156 valence electrons. The highest BCUT2D eigenvalue weighted by Crippen LogP contribution is 2.41. The maximum Gasteiger partial charge on any atom is 0.236 e. The van der Waals surface area contributed by atoms with Gasteiger partial charge in [-0.2, -0.15) is 0 Å². The van der Waals surface area contributed by atoms with Gasteiger partial charge in [0.25, 0.3) is 0 Å². The molecule has 1 fully saturated rings. The number of thiazole rings is 1. The fraction of sp³-hybridized carbons (Fsp3) is 0.227. The lowest BCUT2D eigenvalue weighted by Crippen LogP contribution is -2.14. The lowest BCUT2D eigenvalue weighted by atomic mass is 10.1. The van der Waals surface area contributed by atoms with Crippen molar-refractivity contribution in [3.05, 3.63) is 59.7 Å². The van der Waals surface area contributed by atoms with Gasteiger partial charge < -0.3 is 5.32 Å². The summed E-state index contributed by atoms with van der Waals surface area (Å²) in [6.45, 7) is 2.05. The molecule has 0 atom stereocenters. The van der Waals surface area contributed by atoms with Crippen LogP contribution in [0.1, 0.15) is 24.4 Å². The van der Waals surface area contributed by atoms with Gasteiger partial charge >= 0.3 is 0 Å². The van der Waals surface area contributed by atoms with E-state index in [-0.39, 0.29) is 11.7 Å². The van der Waals surface area contributed by atoms with Gasteiger partial charge in [-0.15, -0.1) is 21.5 Å². The fourth-order valence-corrected chi connectivity index (χ4v) is 4.74. The Kier molecular flexibility index (Phi) is 5.52. The molecule has 9 heteroatoms. The summed E-state index contributed by atoms with van der Waals surface area (Å²) in [5.41, 5.74) is 4.04. The van der Waals surface area contributed by atoms with E-state index in [1.165, 1.54) is 28.7 Å². The predicted octanol–water partition coefficient (Wildman–Crippen LogP) is 4.84. The average Bonchev–Trinajstić information content (AvgIpc) is 3.37. The number of anilines is 1. The second-order valence-corrected chi connectivity index (χ2v) is 9.19. The Morgan fingerprint density at radius 2 is 2.03 bits per heavy atom. The van der Waals surface area contributed by atoms with E-state index >= 15 is 0 Å².